The zero-order valence-corrected chi connectivity index (χ0v) is 10.3. The van der Waals surface area contributed by atoms with Gasteiger partial charge in [0.25, 0.3) is 0 Å². The first kappa shape index (κ1) is 12.1. The number of nitrogens with zero attached hydrogens (tertiary/aromatic N) is 1. The molecule has 0 fully saturated rings. The van der Waals surface area contributed by atoms with Crippen LogP contribution < -0.4 is 0 Å². The fourth-order valence-corrected chi connectivity index (χ4v) is 1.85. The molecule has 0 aliphatic carbocycles. The van der Waals surface area contributed by atoms with Gasteiger partial charge in [0.2, 0.25) is 0 Å². The van der Waals surface area contributed by atoms with Gasteiger partial charge in [0.05, 0.1) is 0 Å². The van der Waals surface area contributed by atoms with Gasteiger partial charge >= 0.3 is 0 Å². The highest BCUT2D eigenvalue weighted by Gasteiger charge is 2.01. The molecule has 0 amide bonds. The summed E-state index contributed by atoms with van der Waals surface area (Å²) in [7, 11) is 2.12. The lowest BCUT2D eigenvalue weighted by molar-refractivity contribution is 0.698. The zero-order valence-electron chi connectivity index (χ0n) is 10.3. The fourth-order valence-electron chi connectivity index (χ4n) is 1.85. The van der Waals surface area contributed by atoms with E-state index in [9.17, 15) is 0 Å². The Morgan fingerprint density at radius 1 is 1.40 bits per heavy atom. The molecule has 1 rings (SSSR count). The molecule has 1 aromatic heterocycles. The number of hydrogen-bond acceptors (Lipinski definition) is 0. The Morgan fingerprint density at radius 2 is 2.20 bits per heavy atom. The molecule has 0 spiro atoms. The molecule has 0 N–H and O–H groups in total. The van der Waals surface area contributed by atoms with E-state index in [1.54, 1.807) is 5.57 Å². The number of allylic oxidation sites excluding steroid dienone is 2. The third kappa shape index (κ3) is 3.94. The van der Waals surface area contributed by atoms with Crippen LogP contribution in [0.2, 0.25) is 0 Å². The number of rotatable bonds is 6. The molecule has 0 atom stereocenters. The summed E-state index contributed by atoms with van der Waals surface area (Å²) in [6.45, 7) is 4.41. The highest BCUT2D eigenvalue weighted by molar-refractivity contribution is 5.16. The SMILES string of the molecule is CC=C(CCCCC)Cc1cccn1C. The van der Waals surface area contributed by atoms with E-state index in [-0.39, 0.29) is 0 Å². The van der Waals surface area contributed by atoms with Crippen molar-refractivity contribution in [2.45, 2.75) is 46.0 Å². The van der Waals surface area contributed by atoms with Crippen LogP contribution in [0.3, 0.4) is 0 Å². The van der Waals surface area contributed by atoms with Crippen molar-refractivity contribution >= 4 is 0 Å². The lowest BCUT2D eigenvalue weighted by Crippen LogP contribution is -1.97. The molecule has 0 saturated heterocycles. The number of unbranched alkanes of at least 4 members (excludes halogenated alkanes) is 2. The summed E-state index contributed by atoms with van der Waals surface area (Å²) in [5, 5.41) is 0. The second-order valence-corrected chi connectivity index (χ2v) is 4.19. The molecule has 0 aliphatic rings. The molecule has 1 nitrogen and oxygen atoms in total. The largest absolute Gasteiger partial charge is 0.354 e. The molecule has 84 valence electrons. The molecule has 0 aromatic carbocycles. The van der Waals surface area contributed by atoms with Crippen LogP contribution >= 0.6 is 0 Å². The number of aryl methyl sites for hydroxylation is 1. The van der Waals surface area contributed by atoms with Gasteiger partial charge in [0.15, 0.2) is 0 Å². The maximum Gasteiger partial charge on any atom is 0.0212 e. The summed E-state index contributed by atoms with van der Waals surface area (Å²) in [6, 6.07) is 4.33. The van der Waals surface area contributed by atoms with Crippen LogP contribution in [0.25, 0.3) is 0 Å². The maximum absolute atomic E-state index is 2.28. The Hall–Kier alpha value is -0.980. The maximum atomic E-state index is 2.28. The third-order valence-corrected chi connectivity index (χ3v) is 2.97. The van der Waals surface area contributed by atoms with Crippen LogP contribution in [0, 0.1) is 0 Å². The van der Waals surface area contributed by atoms with Crippen molar-refractivity contribution in [1.29, 1.82) is 0 Å². The van der Waals surface area contributed by atoms with Crippen molar-refractivity contribution in [1.82, 2.24) is 4.57 Å². The molecular formula is C14H23N. The van der Waals surface area contributed by atoms with Crippen molar-refractivity contribution < 1.29 is 0 Å². The van der Waals surface area contributed by atoms with E-state index in [0.29, 0.717) is 0 Å². The van der Waals surface area contributed by atoms with Crippen LogP contribution in [-0.4, -0.2) is 4.57 Å². The molecule has 15 heavy (non-hydrogen) atoms. The van der Waals surface area contributed by atoms with E-state index in [2.05, 4.69) is 49.9 Å². The standard InChI is InChI=1S/C14H23N/c1-4-6-7-9-13(5-2)12-14-10-8-11-15(14)3/h5,8,10-11H,4,6-7,9,12H2,1-3H3. The first-order chi connectivity index (χ1) is 7.27. The van der Waals surface area contributed by atoms with Gasteiger partial charge in [-0.3, -0.25) is 0 Å². The summed E-state index contributed by atoms with van der Waals surface area (Å²) < 4.78 is 2.21. The molecule has 1 heterocycles. The summed E-state index contributed by atoms with van der Waals surface area (Å²) in [5.41, 5.74) is 2.99. The minimum Gasteiger partial charge on any atom is -0.354 e. The average molecular weight is 205 g/mol. The Bertz CT molecular complexity index is 307. The second-order valence-electron chi connectivity index (χ2n) is 4.19. The summed E-state index contributed by atoms with van der Waals surface area (Å²) in [6.07, 6.45) is 10.8. The molecule has 0 aliphatic heterocycles. The summed E-state index contributed by atoms with van der Waals surface area (Å²) >= 11 is 0. The van der Waals surface area contributed by atoms with Gasteiger partial charge < -0.3 is 4.57 Å². The molecule has 1 aromatic rings. The van der Waals surface area contributed by atoms with Crippen molar-refractivity contribution in [3.63, 3.8) is 0 Å². The van der Waals surface area contributed by atoms with Crippen LogP contribution in [-0.2, 0) is 13.5 Å². The van der Waals surface area contributed by atoms with E-state index in [4.69, 9.17) is 0 Å². The molecule has 0 bridgehead atoms. The topological polar surface area (TPSA) is 4.93 Å². The minimum atomic E-state index is 1.11. The monoisotopic (exact) mass is 205 g/mol. The van der Waals surface area contributed by atoms with Gasteiger partial charge in [0, 0.05) is 25.4 Å². The Morgan fingerprint density at radius 3 is 2.73 bits per heavy atom. The van der Waals surface area contributed by atoms with Gasteiger partial charge in [0.1, 0.15) is 0 Å². The minimum absolute atomic E-state index is 1.11. The van der Waals surface area contributed by atoms with Crippen LogP contribution in [0.4, 0.5) is 0 Å². The third-order valence-electron chi connectivity index (χ3n) is 2.97. The average Bonchev–Trinajstić information content (AvgIpc) is 2.63. The fraction of sp³-hybridized carbons (Fsp3) is 0.571. The molecule has 0 saturated carbocycles. The van der Waals surface area contributed by atoms with E-state index in [1.165, 1.54) is 31.4 Å². The predicted molar refractivity (Wildman–Crippen MR) is 67.0 cm³/mol. The van der Waals surface area contributed by atoms with Gasteiger partial charge in [-0.25, -0.2) is 0 Å². The Labute approximate surface area is 93.8 Å². The van der Waals surface area contributed by atoms with E-state index < -0.39 is 0 Å². The zero-order chi connectivity index (χ0) is 11.1. The first-order valence-electron chi connectivity index (χ1n) is 6.02. The first-order valence-corrected chi connectivity index (χ1v) is 6.02. The smallest absolute Gasteiger partial charge is 0.0212 e. The van der Waals surface area contributed by atoms with Crippen LogP contribution in [0.5, 0.6) is 0 Å². The highest BCUT2D eigenvalue weighted by Crippen LogP contribution is 2.15. The van der Waals surface area contributed by atoms with E-state index >= 15 is 0 Å². The van der Waals surface area contributed by atoms with Crippen molar-refractivity contribution in [2.24, 2.45) is 7.05 Å². The Kier molecular flexibility index (Phi) is 5.23. The van der Waals surface area contributed by atoms with Crippen molar-refractivity contribution in [3.8, 4) is 0 Å². The van der Waals surface area contributed by atoms with Gasteiger partial charge in [-0.15, -0.1) is 0 Å². The van der Waals surface area contributed by atoms with Gasteiger partial charge in [-0.2, -0.15) is 0 Å². The highest BCUT2D eigenvalue weighted by atomic mass is 14.9. The van der Waals surface area contributed by atoms with Gasteiger partial charge in [-0.1, -0.05) is 31.4 Å². The predicted octanol–water partition coefficient (Wildman–Crippen LogP) is 4.09. The number of aromatic nitrogens is 1. The quantitative estimate of drug-likeness (QED) is 0.487. The van der Waals surface area contributed by atoms with E-state index in [0.717, 1.165) is 6.42 Å². The summed E-state index contributed by atoms with van der Waals surface area (Å²) in [5.74, 6) is 0. The molecule has 0 unspecified atom stereocenters. The number of hydrogen-bond donors (Lipinski definition) is 0. The molecule has 1 heteroatoms. The van der Waals surface area contributed by atoms with Gasteiger partial charge in [-0.05, 0) is 31.9 Å². The van der Waals surface area contributed by atoms with E-state index in [1.807, 2.05) is 0 Å². The Balaban J connectivity index is 2.44. The van der Waals surface area contributed by atoms with Crippen LogP contribution in [0.15, 0.2) is 30.0 Å². The molecular weight excluding hydrogens is 182 g/mol. The lowest BCUT2D eigenvalue weighted by atomic mass is 10.0. The molecule has 0 radical (unpaired) electrons. The summed E-state index contributed by atoms with van der Waals surface area (Å²) in [4.78, 5) is 0. The normalized spacial score (nSPS) is 12.1. The van der Waals surface area contributed by atoms with Crippen molar-refractivity contribution in [2.75, 3.05) is 0 Å². The van der Waals surface area contributed by atoms with Crippen molar-refractivity contribution in [3.05, 3.63) is 35.7 Å². The second kappa shape index (κ2) is 6.49. The van der Waals surface area contributed by atoms with Crippen LogP contribution in [0.1, 0.15) is 45.2 Å². The lowest BCUT2D eigenvalue weighted by Gasteiger charge is -2.07.